The molecule has 4 heteroatoms. The first-order chi connectivity index (χ1) is 7.68. The zero-order valence-corrected chi connectivity index (χ0v) is 9.07. The van der Waals surface area contributed by atoms with Gasteiger partial charge in [0.05, 0.1) is 11.7 Å². The molecular formula is C12H16N2O2. The number of piperidine rings is 1. The molecule has 0 amide bonds. The van der Waals surface area contributed by atoms with E-state index in [1.165, 1.54) is 6.07 Å². The highest BCUT2D eigenvalue weighted by Crippen LogP contribution is 2.22. The lowest BCUT2D eigenvalue weighted by atomic mass is 9.96. The molecule has 1 heterocycles. The van der Waals surface area contributed by atoms with Crippen molar-refractivity contribution in [1.82, 2.24) is 5.32 Å². The van der Waals surface area contributed by atoms with Gasteiger partial charge in [-0.1, -0.05) is 6.42 Å². The van der Waals surface area contributed by atoms with Gasteiger partial charge in [-0.3, -0.25) is 4.79 Å². The Morgan fingerprint density at radius 2 is 2.25 bits per heavy atom. The monoisotopic (exact) mass is 220 g/mol. The largest absolute Gasteiger partial charge is 0.506 e. The Balaban J connectivity index is 2.16. The number of Topliss-reactive ketones (excluding diaryl/α,β-unsaturated/α-hetero) is 1. The first-order valence-corrected chi connectivity index (χ1v) is 5.54. The molecule has 1 aromatic rings. The number of hydrogen-bond acceptors (Lipinski definition) is 4. The molecule has 1 atom stereocenters. The number of ketones is 1. The van der Waals surface area contributed by atoms with Crippen LogP contribution in [0, 0.1) is 0 Å². The third-order valence-electron chi connectivity index (χ3n) is 2.94. The summed E-state index contributed by atoms with van der Waals surface area (Å²) in [7, 11) is 0. The molecule has 2 rings (SSSR count). The topological polar surface area (TPSA) is 75.4 Å². The molecule has 4 N–H and O–H groups in total. The van der Waals surface area contributed by atoms with E-state index in [0.717, 1.165) is 25.8 Å². The van der Waals surface area contributed by atoms with Gasteiger partial charge < -0.3 is 16.2 Å². The van der Waals surface area contributed by atoms with Gasteiger partial charge >= 0.3 is 0 Å². The van der Waals surface area contributed by atoms with Crippen molar-refractivity contribution >= 4 is 11.5 Å². The van der Waals surface area contributed by atoms with E-state index in [1.54, 1.807) is 12.1 Å². The maximum atomic E-state index is 12.0. The van der Waals surface area contributed by atoms with Gasteiger partial charge in [-0.15, -0.1) is 0 Å². The molecule has 0 bridgehead atoms. The van der Waals surface area contributed by atoms with Crippen LogP contribution in [0.2, 0.25) is 0 Å². The van der Waals surface area contributed by atoms with E-state index in [1.807, 2.05) is 0 Å². The highest BCUT2D eigenvalue weighted by molar-refractivity contribution is 6.00. The van der Waals surface area contributed by atoms with Gasteiger partial charge in [0, 0.05) is 5.56 Å². The fourth-order valence-electron chi connectivity index (χ4n) is 1.97. The van der Waals surface area contributed by atoms with Crippen LogP contribution in [0.25, 0.3) is 0 Å². The lowest BCUT2D eigenvalue weighted by molar-refractivity contribution is 0.0927. The summed E-state index contributed by atoms with van der Waals surface area (Å²) in [5, 5.41) is 12.6. The van der Waals surface area contributed by atoms with Crippen molar-refractivity contribution in [3.63, 3.8) is 0 Å². The smallest absolute Gasteiger partial charge is 0.179 e. The van der Waals surface area contributed by atoms with Crippen molar-refractivity contribution in [3.05, 3.63) is 23.8 Å². The maximum absolute atomic E-state index is 12.0. The van der Waals surface area contributed by atoms with Crippen LogP contribution in [0.5, 0.6) is 5.75 Å². The fourth-order valence-corrected chi connectivity index (χ4v) is 1.97. The molecule has 1 aromatic carbocycles. The van der Waals surface area contributed by atoms with Gasteiger partial charge in [0.1, 0.15) is 5.75 Å². The Bertz CT molecular complexity index is 398. The quantitative estimate of drug-likeness (QED) is 0.399. The number of benzene rings is 1. The number of rotatable bonds is 2. The summed E-state index contributed by atoms with van der Waals surface area (Å²) in [6, 6.07) is 4.55. The predicted molar refractivity (Wildman–Crippen MR) is 62.5 cm³/mol. The molecule has 0 aromatic heterocycles. The summed E-state index contributed by atoms with van der Waals surface area (Å²) < 4.78 is 0. The summed E-state index contributed by atoms with van der Waals surface area (Å²) in [6.45, 7) is 0.886. The van der Waals surface area contributed by atoms with E-state index in [0.29, 0.717) is 11.3 Å². The minimum atomic E-state index is -0.114. The van der Waals surface area contributed by atoms with Crippen LogP contribution in [0.4, 0.5) is 5.69 Å². The molecule has 0 spiro atoms. The van der Waals surface area contributed by atoms with Crippen molar-refractivity contribution in [1.29, 1.82) is 0 Å². The maximum Gasteiger partial charge on any atom is 0.179 e. The van der Waals surface area contributed by atoms with Crippen molar-refractivity contribution in [3.8, 4) is 5.75 Å². The minimum absolute atomic E-state index is 0.0262. The lowest BCUT2D eigenvalue weighted by Gasteiger charge is -2.22. The Kier molecular flexibility index (Phi) is 3.10. The van der Waals surface area contributed by atoms with Gasteiger partial charge in [-0.25, -0.2) is 0 Å². The summed E-state index contributed by atoms with van der Waals surface area (Å²) in [4.78, 5) is 12.0. The molecule has 86 valence electrons. The van der Waals surface area contributed by atoms with E-state index >= 15 is 0 Å². The molecule has 1 aliphatic heterocycles. The number of carbonyl (C=O) groups is 1. The molecule has 0 aliphatic carbocycles. The number of carbonyl (C=O) groups excluding carboxylic acids is 1. The van der Waals surface area contributed by atoms with Gasteiger partial charge in [-0.05, 0) is 37.6 Å². The highest BCUT2D eigenvalue weighted by Gasteiger charge is 2.22. The zero-order valence-electron chi connectivity index (χ0n) is 9.07. The number of hydrogen-bond donors (Lipinski definition) is 3. The highest BCUT2D eigenvalue weighted by atomic mass is 16.3. The molecule has 4 nitrogen and oxygen atoms in total. The average Bonchev–Trinajstić information content (AvgIpc) is 2.33. The van der Waals surface area contributed by atoms with Crippen LogP contribution < -0.4 is 11.1 Å². The molecule has 1 aliphatic rings. The number of phenolic OH excluding ortho intramolecular Hbond substituents is 1. The zero-order chi connectivity index (χ0) is 11.5. The molecule has 16 heavy (non-hydrogen) atoms. The second-order valence-electron chi connectivity index (χ2n) is 4.14. The molecule has 1 unspecified atom stereocenters. The third-order valence-corrected chi connectivity index (χ3v) is 2.94. The van der Waals surface area contributed by atoms with E-state index in [4.69, 9.17) is 5.73 Å². The Hall–Kier alpha value is -1.55. The Morgan fingerprint density at radius 3 is 2.88 bits per heavy atom. The summed E-state index contributed by atoms with van der Waals surface area (Å²) in [5.41, 5.74) is 6.31. The number of nitrogens with two attached hydrogens (primary N) is 1. The fraction of sp³-hybridized carbons (Fsp3) is 0.417. The minimum Gasteiger partial charge on any atom is -0.506 e. The van der Waals surface area contributed by atoms with Gasteiger partial charge in [0.2, 0.25) is 0 Å². The van der Waals surface area contributed by atoms with Crippen molar-refractivity contribution in [2.75, 3.05) is 12.3 Å². The first kappa shape index (κ1) is 11.0. The Morgan fingerprint density at radius 1 is 1.44 bits per heavy atom. The number of aromatic hydroxyl groups is 1. The molecule has 1 saturated heterocycles. The van der Waals surface area contributed by atoms with Crippen molar-refractivity contribution in [2.24, 2.45) is 0 Å². The molecular weight excluding hydrogens is 204 g/mol. The first-order valence-electron chi connectivity index (χ1n) is 5.54. The van der Waals surface area contributed by atoms with Gasteiger partial charge in [0.15, 0.2) is 5.78 Å². The van der Waals surface area contributed by atoms with Crippen LogP contribution >= 0.6 is 0 Å². The third kappa shape index (κ3) is 2.17. The standard InChI is InChI=1S/C12H16N2O2/c13-9-5-4-8(7-11(9)15)12(16)10-3-1-2-6-14-10/h4-5,7,10,14-15H,1-3,6,13H2. The second-order valence-corrected chi connectivity index (χ2v) is 4.14. The van der Waals surface area contributed by atoms with E-state index in [-0.39, 0.29) is 17.6 Å². The normalized spacial score (nSPS) is 20.6. The summed E-state index contributed by atoms with van der Waals surface area (Å²) in [6.07, 6.45) is 3.06. The summed E-state index contributed by atoms with van der Waals surface area (Å²) in [5.74, 6) is 0.0108. The van der Waals surface area contributed by atoms with Crippen LogP contribution in [0.1, 0.15) is 29.6 Å². The second kappa shape index (κ2) is 4.53. The molecule has 0 radical (unpaired) electrons. The predicted octanol–water partition coefficient (Wildman–Crippen LogP) is 1.30. The molecule has 1 fully saturated rings. The molecule has 0 saturated carbocycles. The van der Waals surface area contributed by atoms with Crippen LogP contribution in [0.15, 0.2) is 18.2 Å². The number of nitrogens with one attached hydrogen (secondary N) is 1. The van der Waals surface area contributed by atoms with Crippen molar-refractivity contribution < 1.29 is 9.90 Å². The average molecular weight is 220 g/mol. The Labute approximate surface area is 94.5 Å². The van der Waals surface area contributed by atoms with Crippen molar-refractivity contribution in [2.45, 2.75) is 25.3 Å². The number of phenols is 1. The summed E-state index contributed by atoms with van der Waals surface area (Å²) >= 11 is 0. The van der Waals surface area contributed by atoms with Crippen LogP contribution in [-0.2, 0) is 0 Å². The number of anilines is 1. The lowest BCUT2D eigenvalue weighted by Crippen LogP contribution is -2.40. The van der Waals surface area contributed by atoms with E-state index in [9.17, 15) is 9.90 Å². The van der Waals surface area contributed by atoms with E-state index < -0.39 is 0 Å². The number of nitrogen functional groups attached to an aromatic ring is 1. The van der Waals surface area contributed by atoms with Crippen LogP contribution in [-0.4, -0.2) is 23.5 Å². The van der Waals surface area contributed by atoms with Gasteiger partial charge in [-0.2, -0.15) is 0 Å². The van der Waals surface area contributed by atoms with Crippen LogP contribution in [0.3, 0.4) is 0 Å². The SMILES string of the molecule is Nc1ccc(C(=O)C2CCCCN2)cc1O. The van der Waals surface area contributed by atoms with Gasteiger partial charge in [0.25, 0.3) is 0 Å². The van der Waals surface area contributed by atoms with E-state index in [2.05, 4.69) is 5.32 Å².